The molecule has 0 saturated heterocycles. The number of anilines is 1. The number of carbonyl (C=O) groups excluding carboxylic acids is 1. The average molecular weight is 300 g/mol. The number of aromatic hydroxyl groups is 1. The van der Waals surface area contributed by atoms with E-state index in [1.807, 2.05) is 0 Å². The minimum absolute atomic E-state index is 0.0903. The van der Waals surface area contributed by atoms with Crippen molar-refractivity contribution in [1.82, 2.24) is 4.90 Å². The van der Waals surface area contributed by atoms with E-state index in [2.05, 4.69) is 5.32 Å². The van der Waals surface area contributed by atoms with Crippen LogP contribution in [0.4, 0.5) is 18.9 Å². The first-order chi connectivity index (χ1) is 9.70. The number of alkyl halides is 3. The van der Waals surface area contributed by atoms with E-state index in [1.54, 1.807) is 31.1 Å². The first-order valence-corrected chi connectivity index (χ1v) is 5.92. The Hall–Kier alpha value is -2.44. The van der Waals surface area contributed by atoms with Crippen molar-refractivity contribution in [2.45, 2.75) is 6.18 Å². The topological polar surface area (TPSA) is 52.6 Å². The van der Waals surface area contributed by atoms with Gasteiger partial charge in [0, 0.05) is 32.1 Å². The zero-order valence-corrected chi connectivity index (χ0v) is 11.5. The Morgan fingerprint density at radius 3 is 2.43 bits per heavy atom. The molecular formula is C14H15F3N2O2. The highest BCUT2D eigenvalue weighted by molar-refractivity contribution is 5.95. The molecule has 4 nitrogen and oxygen atoms in total. The molecule has 0 atom stereocenters. The molecule has 2 N–H and O–H groups in total. The van der Waals surface area contributed by atoms with Gasteiger partial charge in [-0.15, -0.1) is 0 Å². The van der Waals surface area contributed by atoms with Crippen LogP contribution in [-0.2, 0) is 4.79 Å². The van der Waals surface area contributed by atoms with Crippen LogP contribution in [0.25, 0.3) is 0 Å². The number of halogens is 3. The number of carbonyl (C=O) groups is 1. The zero-order chi connectivity index (χ0) is 16.0. The summed E-state index contributed by atoms with van der Waals surface area (Å²) in [6, 6.07) is 6.02. The van der Waals surface area contributed by atoms with Gasteiger partial charge in [0.15, 0.2) is 0 Å². The molecule has 21 heavy (non-hydrogen) atoms. The van der Waals surface area contributed by atoms with Crippen LogP contribution in [0, 0.1) is 0 Å². The fraction of sp³-hybridized carbons (Fsp3) is 0.214. The van der Waals surface area contributed by atoms with Crippen LogP contribution in [0.1, 0.15) is 0 Å². The van der Waals surface area contributed by atoms with Crippen molar-refractivity contribution in [2.24, 2.45) is 0 Å². The first kappa shape index (κ1) is 16.6. The van der Waals surface area contributed by atoms with E-state index in [1.165, 1.54) is 24.4 Å². The van der Waals surface area contributed by atoms with Crippen LogP contribution >= 0.6 is 0 Å². The molecule has 114 valence electrons. The Bertz CT molecular complexity index is 564. The van der Waals surface area contributed by atoms with Gasteiger partial charge in [-0.3, -0.25) is 4.79 Å². The molecule has 0 unspecified atom stereocenters. The fourth-order valence-corrected chi connectivity index (χ4v) is 1.31. The summed E-state index contributed by atoms with van der Waals surface area (Å²) in [4.78, 5) is 12.6. The van der Waals surface area contributed by atoms with E-state index in [-0.39, 0.29) is 17.1 Å². The maximum absolute atomic E-state index is 12.3. The van der Waals surface area contributed by atoms with Gasteiger partial charge in [0.1, 0.15) is 5.75 Å². The van der Waals surface area contributed by atoms with E-state index in [9.17, 15) is 23.1 Å². The highest BCUT2D eigenvalue weighted by Gasteiger charge is 2.36. The molecule has 0 spiro atoms. The predicted molar refractivity (Wildman–Crippen MR) is 73.7 cm³/mol. The minimum Gasteiger partial charge on any atom is -0.506 e. The summed E-state index contributed by atoms with van der Waals surface area (Å²) in [5, 5.41) is 12.2. The summed E-state index contributed by atoms with van der Waals surface area (Å²) in [7, 11) is 3.36. The lowest BCUT2D eigenvalue weighted by Gasteiger charge is -2.11. The van der Waals surface area contributed by atoms with E-state index in [0.717, 1.165) is 0 Å². The molecule has 0 amide bonds. The second-order valence-corrected chi connectivity index (χ2v) is 4.38. The molecule has 0 aliphatic heterocycles. The van der Waals surface area contributed by atoms with Crippen LogP contribution in [0.15, 0.2) is 48.3 Å². The van der Waals surface area contributed by atoms with Crippen molar-refractivity contribution in [3.63, 3.8) is 0 Å². The SMILES string of the molecule is CN(C)/C=C\C(=C\C(=O)C(F)(F)F)Nc1ccccc1O. The molecule has 0 saturated carbocycles. The maximum atomic E-state index is 12.3. The number of phenolic OH excluding ortho intramolecular Hbond substituents is 1. The number of phenols is 1. The van der Waals surface area contributed by atoms with Crippen molar-refractivity contribution in [3.8, 4) is 5.75 Å². The van der Waals surface area contributed by atoms with Crippen molar-refractivity contribution < 1.29 is 23.1 Å². The number of allylic oxidation sites excluding steroid dienone is 2. The molecular weight excluding hydrogens is 285 g/mol. The third-order valence-electron chi connectivity index (χ3n) is 2.30. The minimum atomic E-state index is -4.95. The van der Waals surface area contributed by atoms with Crippen molar-refractivity contribution in [3.05, 3.63) is 48.3 Å². The van der Waals surface area contributed by atoms with Gasteiger partial charge in [-0.1, -0.05) is 12.1 Å². The van der Waals surface area contributed by atoms with E-state index in [0.29, 0.717) is 6.08 Å². The van der Waals surface area contributed by atoms with Crippen LogP contribution in [0.5, 0.6) is 5.75 Å². The Balaban J connectivity index is 3.06. The fourth-order valence-electron chi connectivity index (χ4n) is 1.31. The van der Waals surface area contributed by atoms with Gasteiger partial charge in [0.05, 0.1) is 5.69 Å². The summed E-state index contributed by atoms with van der Waals surface area (Å²) in [5.74, 6) is -2.12. The predicted octanol–water partition coefficient (Wildman–Crippen LogP) is 2.89. The van der Waals surface area contributed by atoms with Crippen LogP contribution < -0.4 is 5.32 Å². The Morgan fingerprint density at radius 2 is 1.90 bits per heavy atom. The van der Waals surface area contributed by atoms with Gasteiger partial charge in [-0.25, -0.2) is 0 Å². The smallest absolute Gasteiger partial charge is 0.454 e. The Labute approximate surface area is 120 Å². The lowest BCUT2D eigenvalue weighted by molar-refractivity contribution is -0.165. The Morgan fingerprint density at radius 1 is 1.29 bits per heavy atom. The van der Waals surface area contributed by atoms with Gasteiger partial charge in [0.25, 0.3) is 5.78 Å². The molecule has 0 fully saturated rings. The molecule has 7 heteroatoms. The van der Waals surface area contributed by atoms with Gasteiger partial charge in [0.2, 0.25) is 0 Å². The van der Waals surface area contributed by atoms with Gasteiger partial charge < -0.3 is 15.3 Å². The molecule has 0 radical (unpaired) electrons. The Kier molecular flexibility index (Phi) is 5.40. The molecule has 0 heterocycles. The number of benzene rings is 1. The zero-order valence-electron chi connectivity index (χ0n) is 11.5. The molecule has 1 rings (SSSR count). The van der Waals surface area contributed by atoms with Crippen molar-refractivity contribution >= 4 is 11.5 Å². The van der Waals surface area contributed by atoms with Crippen LogP contribution in [0.2, 0.25) is 0 Å². The molecule has 0 aliphatic carbocycles. The molecule has 1 aromatic carbocycles. The second-order valence-electron chi connectivity index (χ2n) is 4.38. The summed E-state index contributed by atoms with van der Waals surface area (Å²) >= 11 is 0. The summed E-state index contributed by atoms with van der Waals surface area (Å²) < 4.78 is 37.0. The van der Waals surface area contributed by atoms with E-state index in [4.69, 9.17) is 0 Å². The van der Waals surface area contributed by atoms with Crippen LogP contribution in [0.3, 0.4) is 0 Å². The number of ketones is 1. The highest BCUT2D eigenvalue weighted by Crippen LogP contribution is 2.24. The maximum Gasteiger partial charge on any atom is 0.454 e. The molecule has 0 aliphatic rings. The van der Waals surface area contributed by atoms with E-state index >= 15 is 0 Å². The number of hydrogen-bond donors (Lipinski definition) is 2. The van der Waals surface area contributed by atoms with Crippen molar-refractivity contribution in [1.29, 1.82) is 0 Å². The molecule has 0 aromatic heterocycles. The van der Waals surface area contributed by atoms with E-state index < -0.39 is 12.0 Å². The van der Waals surface area contributed by atoms with Crippen LogP contribution in [-0.4, -0.2) is 36.1 Å². The second kappa shape index (κ2) is 6.83. The normalized spacial score (nSPS) is 12.5. The van der Waals surface area contributed by atoms with Gasteiger partial charge >= 0.3 is 6.18 Å². The standard InChI is InChI=1S/C14H15F3N2O2/c1-19(2)8-7-10(9-13(21)14(15,16)17)18-11-5-3-4-6-12(11)20/h3-9,18,20H,1-2H3/b8-7-,10-9-. The lowest BCUT2D eigenvalue weighted by Crippen LogP contribution is -2.21. The largest absolute Gasteiger partial charge is 0.506 e. The monoisotopic (exact) mass is 300 g/mol. The average Bonchev–Trinajstić information content (AvgIpc) is 2.37. The van der Waals surface area contributed by atoms with Crippen molar-refractivity contribution in [2.75, 3.05) is 19.4 Å². The molecule has 0 bridgehead atoms. The quantitative estimate of drug-likeness (QED) is 0.499. The summed E-state index contributed by atoms with van der Waals surface area (Å²) in [5.41, 5.74) is 0.106. The molecule has 1 aromatic rings. The first-order valence-electron chi connectivity index (χ1n) is 5.92. The van der Waals surface area contributed by atoms with Gasteiger partial charge in [-0.05, 0) is 18.2 Å². The third-order valence-corrected chi connectivity index (χ3v) is 2.30. The number of nitrogens with zero attached hydrogens (tertiary/aromatic N) is 1. The number of nitrogens with one attached hydrogen (secondary N) is 1. The summed E-state index contributed by atoms with van der Waals surface area (Å²) in [6.07, 6.45) is -1.73. The number of para-hydroxylation sites is 2. The highest BCUT2D eigenvalue weighted by atomic mass is 19.4. The number of hydrogen-bond acceptors (Lipinski definition) is 4. The van der Waals surface area contributed by atoms with Gasteiger partial charge in [-0.2, -0.15) is 13.2 Å². The third kappa shape index (κ3) is 5.60. The lowest BCUT2D eigenvalue weighted by atomic mass is 10.2. The summed E-state index contributed by atoms with van der Waals surface area (Å²) in [6.45, 7) is 0. The number of rotatable bonds is 5.